The van der Waals surface area contributed by atoms with Gasteiger partial charge in [0.25, 0.3) is 0 Å². The Balaban J connectivity index is 2.67. The second kappa shape index (κ2) is 4.42. The Kier molecular flexibility index (Phi) is 2.97. The molecule has 0 aliphatic carbocycles. The molecule has 0 N–H and O–H groups in total. The summed E-state index contributed by atoms with van der Waals surface area (Å²) in [6, 6.07) is 3.34. The number of hydrogen-bond donors (Lipinski definition) is 0. The zero-order valence-electron chi connectivity index (χ0n) is 8.79. The maximum atomic E-state index is 10.9. The van der Waals surface area contributed by atoms with Gasteiger partial charge in [-0.15, -0.1) is 0 Å². The summed E-state index contributed by atoms with van der Waals surface area (Å²) in [6.07, 6.45) is 2.75. The molecule has 0 saturated carbocycles. The summed E-state index contributed by atoms with van der Waals surface area (Å²) in [5.41, 5.74) is 1.24. The van der Waals surface area contributed by atoms with Crippen molar-refractivity contribution in [3.8, 4) is 11.3 Å². The number of aryl methyl sites for hydroxylation is 1. The van der Waals surface area contributed by atoms with E-state index in [4.69, 9.17) is 11.6 Å². The van der Waals surface area contributed by atoms with Crippen LogP contribution in [0.4, 0.5) is 5.69 Å². The van der Waals surface area contributed by atoms with Gasteiger partial charge in [0.2, 0.25) is 5.15 Å². The van der Waals surface area contributed by atoms with E-state index in [1.807, 2.05) is 0 Å². The molecule has 0 fully saturated rings. The molecule has 17 heavy (non-hydrogen) atoms. The van der Waals surface area contributed by atoms with Crippen molar-refractivity contribution in [2.75, 3.05) is 0 Å². The molecule has 0 amide bonds. The highest BCUT2D eigenvalue weighted by molar-refractivity contribution is 6.31. The third-order valence-electron chi connectivity index (χ3n) is 2.13. The van der Waals surface area contributed by atoms with Crippen LogP contribution in [-0.2, 0) is 0 Å². The summed E-state index contributed by atoms with van der Waals surface area (Å²) in [6.45, 7) is 1.79. The van der Waals surface area contributed by atoms with Crippen LogP contribution in [0.15, 0.2) is 24.7 Å². The Morgan fingerprint density at radius 3 is 2.76 bits per heavy atom. The first kappa shape index (κ1) is 11.4. The van der Waals surface area contributed by atoms with E-state index in [-0.39, 0.29) is 16.5 Å². The Labute approximate surface area is 101 Å². The second-order valence-electron chi connectivity index (χ2n) is 3.30. The number of hydrogen-bond acceptors (Lipinski definition) is 5. The molecule has 6 nitrogen and oxygen atoms in total. The average Bonchev–Trinajstić information content (AvgIpc) is 2.28. The van der Waals surface area contributed by atoms with E-state index in [0.717, 1.165) is 5.69 Å². The van der Waals surface area contributed by atoms with E-state index in [1.54, 1.807) is 25.3 Å². The summed E-state index contributed by atoms with van der Waals surface area (Å²) in [5.74, 6) is 0. The molecule has 0 aliphatic rings. The Morgan fingerprint density at radius 2 is 2.12 bits per heavy atom. The van der Waals surface area contributed by atoms with Crippen LogP contribution in [0.1, 0.15) is 5.69 Å². The summed E-state index contributed by atoms with van der Waals surface area (Å²) in [7, 11) is 0. The molecule has 0 bridgehead atoms. The van der Waals surface area contributed by atoms with Crippen LogP contribution in [0, 0.1) is 17.0 Å². The third-order valence-corrected chi connectivity index (χ3v) is 2.41. The average molecular weight is 251 g/mol. The molecular weight excluding hydrogens is 244 g/mol. The molecule has 0 atom stereocenters. The molecular formula is C10H7ClN4O2. The molecule has 86 valence electrons. The lowest BCUT2D eigenvalue weighted by Crippen LogP contribution is -1.98. The van der Waals surface area contributed by atoms with Gasteiger partial charge < -0.3 is 0 Å². The van der Waals surface area contributed by atoms with E-state index < -0.39 is 4.92 Å². The van der Waals surface area contributed by atoms with Crippen LogP contribution < -0.4 is 0 Å². The summed E-state index contributed by atoms with van der Waals surface area (Å²) in [5, 5.41) is 10.8. The summed E-state index contributed by atoms with van der Waals surface area (Å²) < 4.78 is 0. The van der Waals surface area contributed by atoms with Crippen LogP contribution in [-0.4, -0.2) is 19.9 Å². The number of rotatable bonds is 2. The zero-order chi connectivity index (χ0) is 12.4. The van der Waals surface area contributed by atoms with Crippen molar-refractivity contribution in [1.82, 2.24) is 15.0 Å². The van der Waals surface area contributed by atoms with Crippen LogP contribution in [0.25, 0.3) is 11.3 Å². The number of halogens is 1. The van der Waals surface area contributed by atoms with Gasteiger partial charge in [-0.25, -0.2) is 9.97 Å². The minimum absolute atomic E-state index is 0.172. The molecule has 0 spiro atoms. The highest BCUT2D eigenvalue weighted by Crippen LogP contribution is 2.32. The normalized spacial score (nSPS) is 10.2. The predicted octanol–water partition coefficient (Wildman–Crippen LogP) is 2.41. The second-order valence-corrected chi connectivity index (χ2v) is 3.66. The standard InChI is InChI=1S/C10H7ClN4O2/c1-6-4-7(2-3-12-6)8-9(15(16)17)10(11)14-5-13-8/h2-5H,1H3. The van der Waals surface area contributed by atoms with Gasteiger partial charge in [-0.2, -0.15) is 0 Å². The molecule has 7 heteroatoms. The monoisotopic (exact) mass is 250 g/mol. The smallest absolute Gasteiger partial charge is 0.262 e. The number of aromatic nitrogens is 3. The molecule has 0 saturated heterocycles. The molecule has 0 aliphatic heterocycles. The molecule has 2 heterocycles. The van der Waals surface area contributed by atoms with Crippen LogP contribution in [0.3, 0.4) is 0 Å². The Hall–Kier alpha value is -2.08. The van der Waals surface area contributed by atoms with Gasteiger partial charge in [0, 0.05) is 17.5 Å². The summed E-state index contributed by atoms with van der Waals surface area (Å²) >= 11 is 5.71. The molecule has 0 radical (unpaired) electrons. The quantitative estimate of drug-likeness (QED) is 0.464. The van der Waals surface area contributed by atoms with Gasteiger partial charge in [-0.3, -0.25) is 15.1 Å². The fourth-order valence-electron chi connectivity index (χ4n) is 1.42. The predicted molar refractivity (Wildman–Crippen MR) is 61.7 cm³/mol. The summed E-state index contributed by atoms with van der Waals surface area (Å²) in [4.78, 5) is 21.9. The third kappa shape index (κ3) is 2.21. The van der Waals surface area contributed by atoms with Gasteiger partial charge in [-0.05, 0) is 19.1 Å². The van der Waals surface area contributed by atoms with Gasteiger partial charge in [0.05, 0.1) is 4.92 Å². The number of nitrogens with zero attached hydrogens (tertiary/aromatic N) is 4. The minimum Gasteiger partial charge on any atom is -0.262 e. The lowest BCUT2D eigenvalue weighted by atomic mass is 10.1. The van der Waals surface area contributed by atoms with Crippen LogP contribution in [0.5, 0.6) is 0 Å². The maximum Gasteiger partial charge on any atom is 0.332 e. The zero-order valence-corrected chi connectivity index (χ0v) is 9.55. The van der Waals surface area contributed by atoms with Crippen molar-refractivity contribution in [1.29, 1.82) is 0 Å². The van der Waals surface area contributed by atoms with E-state index in [0.29, 0.717) is 5.56 Å². The molecule has 2 rings (SSSR count). The molecule has 0 aromatic carbocycles. The van der Waals surface area contributed by atoms with Gasteiger partial charge in [0.15, 0.2) is 5.69 Å². The van der Waals surface area contributed by atoms with Crippen molar-refractivity contribution in [3.05, 3.63) is 45.6 Å². The molecule has 2 aromatic rings. The van der Waals surface area contributed by atoms with Crippen LogP contribution >= 0.6 is 11.6 Å². The van der Waals surface area contributed by atoms with Crippen molar-refractivity contribution < 1.29 is 4.92 Å². The minimum atomic E-state index is -0.590. The molecule has 0 unspecified atom stereocenters. The number of pyridine rings is 1. The van der Waals surface area contributed by atoms with Crippen molar-refractivity contribution in [2.24, 2.45) is 0 Å². The Bertz CT molecular complexity index is 588. The lowest BCUT2D eigenvalue weighted by molar-refractivity contribution is -0.384. The van der Waals surface area contributed by atoms with Crippen molar-refractivity contribution in [3.63, 3.8) is 0 Å². The molecule has 2 aromatic heterocycles. The maximum absolute atomic E-state index is 10.9. The van der Waals surface area contributed by atoms with Gasteiger partial charge >= 0.3 is 5.69 Å². The first-order valence-electron chi connectivity index (χ1n) is 4.67. The number of nitro groups is 1. The highest BCUT2D eigenvalue weighted by Gasteiger charge is 2.22. The van der Waals surface area contributed by atoms with Gasteiger partial charge in [-0.1, -0.05) is 11.6 Å². The van der Waals surface area contributed by atoms with Crippen molar-refractivity contribution in [2.45, 2.75) is 6.92 Å². The van der Waals surface area contributed by atoms with E-state index in [1.165, 1.54) is 6.33 Å². The van der Waals surface area contributed by atoms with Crippen LogP contribution in [0.2, 0.25) is 5.15 Å². The fourth-order valence-corrected chi connectivity index (χ4v) is 1.63. The largest absolute Gasteiger partial charge is 0.332 e. The van der Waals surface area contributed by atoms with Gasteiger partial charge in [0.1, 0.15) is 6.33 Å². The SMILES string of the molecule is Cc1cc(-c2ncnc(Cl)c2[N+](=O)[O-])ccn1. The Morgan fingerprint density at radius 1 is 1.35 bits per heavy atom. The van der Waals surface area contributed by atoms with E-state index in [9.17, 15) is 10.1 Å². The van der Waals surface area contributed by atoms with E-state index in [2.05, 4.69) is 15.0 Å². The van der Waals surface area contributed by atoms with Crippen molar-refractivity contribution >= 4 is 17.3 Å². The fraction of sp³-hybridized carbons (Fsp3) is 0.100. The van der Waals surface area contributed by atoms with E-state index >= 15 is 0 Å². The first-order valence-corrected chi connectivity index (χ1v) is 5.05. The lowest BCUT2D eigenvalue weighted by Gasteiger charge is -2.03. The topological polar surface area (TPSA) is 81.8 Å². The highest BCUT2D eigenvalue weighted by atomic mass is 35.5. The first-order chi connectivity index (χ1) is 8.09.